The minimum Gasteiger partial charge on any atom is -0.476 e. The molecule has 15 heavy (non-hydrogen) atoms. The Hall–Kier alpha value is -1.43. The fraction of sp³-hybridized carbons (Fsp3) is 0.556. The number of rotatable bonds is 2. The summed E-state index contributed by atoms with van der Waals surface area (Å²) in [4.78, 5) is 10.8. The van der Waals surface area contributed by atoms with Crippen LogP contribution in [0.25, 0.3) is 0 Å². The second-order valence-electron chi connectivity index (χ2n) is 3.41. The first-order valence-corrected chi connectivity index (χ1v) is 4.78. The monoisotopic (exact) mass is 214 g/mol. The van der Waals surface area contributed by atoms with Crippen LogP contribution in [-0.2, 0) is 4.74 Å². The van der Waals surface area contributed by atoms with Gasteiger partial charge in [-0.1, -0.05) is 0 Å². The van der Waals surface area contributed by atoms with Gasteiger partial charge in [0.15, 0.2) is 17.7 Å². The van der Waals surface area contributed by atoms with Crippen molar-refractivity contribution < 1.29 is 19.0 Å². The van der Waals surface area contributed by atoms with E-state index in [1.807, 2.05) is 0 Å². The van der Waals surface area contributed by atoms with Gasteiger partial charge in [-0.25, -0.2) is 13.9 Å². The Kier molecular flexibility index (Phi) is 2.68. The first kappa shape index (κ1) is 10.1. The third-order valence-electron chi connectivity index (χ3n) is 2.38. The zero-order valence-electron chi connectivity index (χ0n) is 8.02. The van der Waals surface area contributed by atoms with E-state index in [4.69, 9.17) is 9.84 Å². The Morgan fingerprint density at radius 3 is 3.07 bits per heavy atom. The second-order valence-corrected chi connectivity index (χ2v) is 3.41. The molecule has 1 unspecified atom stereocenters. The highest BCUT2D eigenvalue weighted by Gasteiger charge is 2.25. The Morgan fingerprint density at radius 2 is 2.47 bits per heavy atom. The van der Waals surface area contributed by atoms with Crippen LogP contribution in [0.15, 0.2) is 6.20 Å². The third kappa shape index (κ3) is 1.85. The van der Waals surface area contributed by atoms with E-state index in [2.05, 4.69) is 5.10 Å². The maximum Gasteiger partial charge on any atom is 0.357 e. The molecule has 0 amide bonds. The molecule has 1 atom stereocenters. The van der Waals surface area contributed by atoms with Crippen LogP contribution in [-0.4, -0.2) is 27.5 Å². The summed E-state index contributed by atoms with van der Waals surface area (Å²) in [5, 5.41) is 12.5. The molecule has 0 aliphatic carbocycles. The van der Waals surface area contributed by atoms with Crippen molar-refractivity contribution in [1.82, 2.24) is 9.78 Å². The van der Waals surface area contributed by atoms with Gasteiger partial charge in [-0.2, -0.15) is 5.10 Å². The van der Waals surface area contributed by atoms with Crippen LogP contribution in [0.2, 0.25) is 0 Å². The summed E-state index contributed by atoms with van der Waals surface area (Å²) in [6.45, 7) is 0.561. The molecular weight excluding hydrogens is 203 g/mol. The number of aromatic carboxylic acids is 1. The van der Waals surface area contributed by atoms with Gasteiger partial charge in [0, 0.05) is 6.61 Å². The Bertz CT molecular complexity index is 371. The molecular formula is C9H11FN2O3. The summed E-state index contributed by atoms with van der Waals surface area (Å²) in [5.41, 5.74) is -0.429. The number of carboxylic acid groups (broad SMARTS) is 1. The molecule has 0 spiro atoms. The normalized spacial score (nSPS) is 21.5. The fourth-order valence-corrected chi connectivity index (χ4v) is 1.68. The molecule has 1 fully saturated rings. The molecule has 1 aromatic rings. The Balaban J connectivity index is 2.30. The van der Waals surface area contributed by atoms with Crippen molar-refractivity contribution in [2.24, 2.45) is 0 Å². The number of nitrogens with zero attached hydrogens (tertiary/aromatic N) is 2. The molecule has 82 valence electrons. The molecule has 0 bridgehead atoms. The van der Waals surface area contributed by atoms with Crippen molar-refractivity contribution in [2.45, 2.75) is 25.5 Å². The lowest BCUT2D eigenvalue weighted by Crippen LogP contribution is -2.23. The SMILES string of the molecule is O=C(O)c1c(F)cnn1C1CCCCO1. The highest BCUT2D eigenvalue weighted by molar-refractivity contribution is 5.85. The standard InChI is InChI=1S/C9H11FN2O3/c10-6-5-11-12(8(6)9(13)14)7-3-1-2-4-15-7/h5,7H,1-4H2,(H,13,14). The summed E-state index contributed by atoms with van der Waals surface area (Å²) in [6, 6.07) is 0. The number of halogens is 1. The second kappa shape index (κ2) is 3.98. The van der Waals surface area contributed by atoms with Crippen molar-refractivity contribution in [3.63, 3.8) is 0 Å². The minimum absolute atomic E-state index is 0.429. The van der Waals surface area contributed by atoms with Gasteiger partial charge in [-0.15, -0.1) is 0 Å². The van der Waals surface area contributed by atoms with Crippen LogP contribution in [0.4, 0.5) is 4.39 Å². The molecule has 1 aromatic heterocycles. The number of hydrogen-bond donors (Lipinski definition) is 1. The number of ether oxygens (including phenoxy) is 1. The predicted molar refractivity (Wildman–Crippen MR) is 48.0 cm³/mol. The van der Waals surface area contributed by atoms with E-state index < -0.39 is 23.7 Å². The Labute approximate surface area is 85.5 Å². The van der Waals surface area contributed by atoms with Crippen LogP contribution in [0, 0.1) is 5.82 Å². The maximum atomic E-state index is 13.1. The molecule has 1 aliphatic rings. The molecule has 2 heterocycles. The van der Waals surface area contributed by atoms with Gasteiger partial charge in [-0.05, 0) is 19.3 Å². The van der Waals surface area contributed by atoms with E-state index in [0.29, 0.717) is 13.0 Å². The van der Waals surface area contributed by atoms with Gasteiger partial charge in [0.1, 0.15) is 0 Å². The number of carboxylic acids is 1. The van der Waals surface area contributed by atoms with Gasteiger partial charge in [-0.3, -0.25) is 0 Å². The van der Waals surface area contributed by atoms with Crippen LogP contribution in [0.1, 0.15) is 36.0 Å². The highest BCUT2D eigenvalue weighted by Crippen LogP contribution is 2.24. The molecule has 0 saturated carbocycles. The zero-order chi connectivity index (χ0) is 10.8. The quantitative estimate of drug-likeness (QED) is 0.808. The van der Waals surface area contributed by atoms with Gasteiger partial charge in [0.05, 0.1) is 6.20 Å². The maximum absolute atomic E-state index is 13.1. The summed E-state index contributed by atoms with van der Waals surface area (Å²) in [7, 11) is 0. The molecule has 0 radical (unpaired) electrons. The van der Waals surface area contributed by atoms with Crippen molar-refractivity contribution in [2.75, 3.05) is 6.61 Å². The van der Waals surface area contributed by atoms with Crippen LogP contribution in [0.5, 0.6) is 0 Å². The summed E-state index contributed by atoms with van der Waals surface area (Å²) in [6.07, 6.45) is 3.01. The van der Waals surface area contributed by atoms with Gasteiger partial charge >= 0.3 is 5.97 Å². The predicted octanol–water partition coefficient (Wildman–Crippen LogP) is 1.42. The van der Waals surface area contributed by atoms with Crippen molar-refractivity contribution >= 4 is 5.97 Å². The summed E-state index contributed by atoms with van der Waals surface area (Å²) < 4.78 is 19.5. The molecule has 6 heteroatoms. The molecule has 5 nitrogen and oxygen atoms in total. The lowest BCUT2D eigenvalue weighted by Gasteiger charge is -2.23. The molecule has 1 N–H and O–H groups in total. The molecule has 1 aliphatic heterocycles. The van der Waals surface area contributed by atoms with E-state index in [-0.39, 0.29) is 0 Å². The fourth-order valence-electron chi connectivity index (χ4n) is 1.68. The highest BCUT2D eigenvalue weighted by atomic mass is 19.1. The van der Waals surface area contributed by atoms with Gasteiger partial charge < -0.3 is 9.84 Å². The van der Waals surface area contributed by atoms with E-state index >= 15 is 0 Å². The summed E-state index contributed by atoms with van der Waals surface area (Å²) >= 11 is 0. The Morgan fingerprint density at radius 1 is 1.67 bits per heavy atom. The topological polar surface area (TPSA) is 64.3 Å². The number of carbonyl (C=O) groups is 1. The average Bonchev–Trinajstić information content (AvgIpc) is 2.61. The molecule has 0 aromatic carbocycles. The van der Waals surface area contributed by atoms with Crippen LogP contribution in [0.3, 0.4) is 0 Å². The molecule has 1 saturated heterocycles. The number of aromatic nitrogens is 2. The van der Waals surface area contributed by atoms with E-state index in [9.17, 15) is 9.18 Å². The minimum atomic E-state index is -1.32. The van der Waals surface area contributed by atoms with E-state index in [1.165, 1.54) is 0 Å². The smallest absolute Gasteiger partial charge is 0.357 e. The number of hydrogen-bond acceptors (Lipinski definition) is 3. The van der Waals surface area contributed by atoms with Gasteiger partial charge in [0.2, 0.25) is 0 Å². The third-order valence-corrected chi connectivity index (χ3v) is 2.38. The van der Waals surface area contributed by atoms with Crippen LogP contribution < -0.4 is 0 Å². The van der Waals surface area contributed by atoms with Crippen molar-refractivity contribution in [1.29, 1.82) is 0 Å². The van der Waals surface area contributed by atoms with Crippen molar-refractivity contribution in [3.05, 3.63) is 17.7 Å². The van der Waals surface area contributed by atoms with E-state index in [0.717, 1.165) is 23.7 Å². The zero-order valence-corrected chi connectivity index (χ0v) is 8.02. The lowest BCUT2D eigenvalue weighted by atomic mass is 10.2. The largest absolute Gasteiger partial charge is 0.476 e. The first-order chi connectivity index (χ1) is 7.20. The van der Waals surface area contributed by atoms with E-state index in [1.54, 1.807) is 0 Å². The van der Waals surface area contributed by atoms with Crippen molar-refractivity contribution in [3.8, 4) is 0 Å². The van der Waals surface area contributed by atoms with Gasteiger partial charge in [0.25, 0.3) is 0 Å². The molecule has 2 rings (SSSR count). The average molecular weight is 214 g/mol. The van der Waals surface area contributed by atoms with Crippen LogP contribution >= 0.6 is 0 Å². The lowest BCUT2D eigenvalue weighted by molar-refractivity contribution is -0.0415. The first-order valence-electron chi connectivity index (χ1n) is 4.78. The summed E-state index contributed by atoms with van der Waals surface area (Å²) in [5.74, 6) is -2.14.